The highest BCUT2D eigenvalue weighted by Crippen LogP contribution is 2.25. The summed E-state index contributed by atoms with van der Waals surface area (Å²) < 4.78 is 8.87. The van der Waals surface area contributed by atoms with Gasteiger partial charge in [0.1, 0.15) is 12.4 Å². The van der Waals surface area contributed by atoms with Crippen molar-refractivity contribution < 1.29 is 4.74 Å². The smallest absolute Gasteiger partial charge is 0.131 e. The third-order valence-electron chi connectivity index (χ3n) is 3.38. The van der Waals surface area contributed by atoms with Gasteiger partial charge in [-0.1, -0.05) is 13.0 Å². The van der Waals surface area contributed by atoms with Crippen molar-refractivity contribution in [3.8, 4) is 11.8 Å². The van der Waals surface area contributed by atoms with Crippen molar-refractivity contribution in [1.29, 1.82) is 5.26 Å². The van der Waals surface area contributed by atoms with Crippen LogP contribution in [0.5, 0.6) is 5.75 Å². The summed E-state index contributed by atoms with van der Waals surface area (Å²) >= 11 is 3.61. The molecular formula is C16H18BrN3O. The molecule has 0 saturated heterocycles. The van der Waals surface area contributed by atoms with Crippen LogP contribution in [-0.2, 0) is 19.6 Å². The summed E-state index contributed by atoms with van der Waals surface area (Å²) in [4.78, 5) is 0. The Bertz CT molecular complexity index is 686. The molecule has 0 aliphatic heterocycles. The number of hydrogen-bond donors (Lipinski definition) is 0. The van der Waals surface area contributed by atoms with Gasteiger partial charge in [0.15, 0.2) is 0 Å². The van der Waals surface area contributed by atoms with Gasteiger partial charge < -0.3 is 4.74 Å². The van der Waals surface area contributed by atoms with Crippen molar-refractivity contribution >= 4 is 15.9 Å². The predicted molar refractivity (Wildman–Crippen MR) is 85.2 cm³/mol. The highest BCUT2D eigenvalue weighted by molar-refractivity contribution is 9.10. The average Bonchev–Trinajstić information content (AvgIpc) is 2.82. The first-order chi connectivity index (χ1) is 10.1. The summed E-state index contributed by atoms with van der Waals surface area (Å²) in [5.41, 5.74) is 3.69. The zero-order chi connectivity index (χ0) is 15.4. The van der Waals surface area contributed by atoms with Crippen molar-refractivity contribution in [3.05, 3.63) is 45.2 Å². The molecule has 1 aromatic heterocycles. The minimum absolute atomic E-state index is 0.428. The fraction of sp³-hybridized carbons (Fsp3) is 0.375. The van der Waals surface area contributed by atoms with Crippen LogP contribution in [0.25, 0.3) is 0 Å². The van der Waals surface area contributed by atoms with Crippen LogP contribution in [0.15, 0.2) is 22.7 Å². The maximum Gasteiger partial charge on any atom is 0.131 e. The Morgan fingerprint density at radius 1 is 1.38 bits per heavy atom. The molecule has 0 saturated carbocycles. The lowest BCUT2D eigenvalue weighted by molar-refractivity contribution is 0.289. The van der Waals surface area contributed by atoms with E-state index >= 15 is 0 Å². The van der Waals surface area contributed by atoms with Crippen LogP contribution in [0.2, 0.25) is 0 Å². The molecule has 2 aromatic rings. The SMILES string of the molecule is CCc1nn(CC)c(COc2cc(C#N)ccc2C)c1Br. The van der Waals surface area contributed by atoms with Crippen molar-refractivity contribution in [2.24, 2.45) is 0 Å². The standard InChI is InChI=1S/C16H18BrN3O/c1-4-13-16(17)14(20(5-2)19-13)10-21-15-8-12(9-18)7-6-11(15)3/h6-8H,4-5,10H2,1-3H3. The quantitative estimate of drug-likeness (QED) is 0.821. The Morgan fingerprint density at radius 3 is 2.76 bits per heavy atom. The first-order valence-corrected chi connectivity index (χ1v) is 7.77. The number of aromatic nitrogens is 2. The molecule has 1 heterocycles. The van der Waals surface area contributed by atoms with Gasteiger partial charge in [-0.25, -0.2) is 0 Å². The number of hydrogen-bond acceptors (Lipinski definition) is 3. The molecule has 0 atom stereocenters. The van der Waals surface area contributed by atoms with E-state index < -0.39 is 0 Å². The Balaban J connectivity index is 2.24. The Morgan fingerprint density at radius 2 is 2.14 bits per heavy atom. The molecular weight excluding hydrogens is 330 g/mol. The molecule has 0 aliphatic rings. The highest BCUT2D eigenvalue weighted by atomic mass is 79.9. The molecule has 110 valence electrons. The van der Waals surface area contributed by atoms with Gasteiger partial charge in [-0.15, -0.1) is 0 Å². The van der Waals surface area contributed by atoms with Crippen LogP contribution < -0.4 is 4.74 Å². The molecule has 21 heavy (non-hydrogen) atoms. The largest absolute Gasteiger partial charge is 0.487 e. The molecule has 0 bridgehead atoms. The maximum absolute atomic E-state index is 8.97. The van der Waals surface area contributed by atoms with Crippen LogP contribution in [0.3, 0.4) is 0 Å². The third kappa shape index (κ3) is 3.27. The number of nitriles is 1. The molecule has 4 nitrogen and oxygen atoms in total. The zero-order valence-electron chi connectivity index (χ0n) is 12.5. The van der Waals surface area contributed by atoms with Crippen LogP contribution in [-0.4, -0.2) is 9.78 Å². The van der Waals surface area contributed by atoms with Gasteiger partial charge in [0.05, 0.1) is 27.5 Å². The number of ether oxygens (including phenoxy) is 1. The number of nitrogens with zero attached hydrogens (tertiary/aromatic N) is 3. The molecule has 0 amide bonds. The molecule has 1 aromatic carbocycles. The summed E-state index contributed by atoms with van der Waals surface area (Å²) in [7, 11) is 0. The van der Waals surface area contributed by atoms with Gasteiger partial charge in [0, 0.05) is 6.54 Å². The van der Waals surface area contributed by atoms with Crippen LogP contribution in [0.1, 0.15) is 36.4 Å². The lowest BCUT2D eigenvalue weighted by atomic mass is 10.1. The van der Waals surface area contributed by atoms with Gasteiger partial charge in [-0.05, 0) is 53.9 Å². The number of rotatable bonds is 5. The van der Waals surface area contributed by atoms with Gasteiger partial charge in [-0.3, -0.25) is 4.68 Å². The number of halogens is 1. The molecule has 0 unspecified atom stereocenters. The van der Waals surface area contributed by atoms with E-state index in [1.54, 1.807) is 12.1 Å². The lowest BCUT2D eigenvalue weighted by Crippen LogP contribution is -2.07. The van der Waals surface area contributed by atoms with E-state index in [1.807, 2.05) is 17.7 Å². The van der Waals surface area contributed by atoms with E-state index in [9.17, 15) is 0 Å². The highest BCUT2D eigenvalue weighted by Gasteiger charge is 2.14. The zero-order valence-corrected chi connectivity index (χ0v) is 14.1. The van der Waals surface area contributed by atoms with Crippen LogP contribution in [0.4, 0.5) is 0 Å². The topological polar surface area (TPSA) is 50.8 Å². The number of benzene rings is 1. The normalized spacial score (nSPS) is 10.4. The molecule has 2 rings (SSSR count). The Kier molecular flexibility index (Phi) is 5.03. The Labute approximate surface area is 133 Å². The monoisotopic (exact) mass is 347 g/mol. The summed E-state index contributed by atoms with van der Waals surface area (Å²) in [6.45, 7) is 7.34. The average molecular weight is 348 g/mol. The summed E-state index contributed by atoms with van der Waals surface area (Å²) in [6, 6.07) is 7.60. The van der Waals surface area contributed by atoms with E-state index in [0.717, 1.165) is 40.1 Å². The minimum Gasteiger partial charge on any atom is -0.487 e. The van der Waals surface area contributed by atoms with E-state index in [1.165, 1.54) is 0 Å². The van der Waals surface area contributed by atoms with Gasteiger partial charge >= 0.3 is 0 Å². The molecule has 0 spiro atoms. The van der Waals surface area contributed by atoms with Crippen LogP contribution in [0, 0.1) is 18.3 Å². The minimum atomic E-state index is 0.428. The van der Waals surface area contributed by atoms with Crippen molar-refractivity contribution in [2.45, 2.75) is 40.3 Å². The first-order valence-electron chi connectivity index (χ1n) is 6.98. The van der Waals surface area contributed by atoms with E-state index in [-0.39, 0.29) is 0 Å². The fourth-order valence-corrected chi connectivity index (χ4v) is 2.81. The number of aryl methyl sites for hydroxylation is 3. The maximum atomic E-state index is 8.97. The van der Waals surface area contributed by atoms with E-state index in [2.05, 4.69) is 40.9 Å². The third-order valence-corrected chi connectivity index (χ3v) is 4.29. The first kappa shape index (κ1) is 15.6. The summed E-state index contributed by atoms with van der Waals surface area (Å²) in [6.07, 6.45) is 0.879. The van der Waals surface area contributed by atoms with Gasteiger partial charge in [0.2, 0.25) is 0 Å². The fourth-order valence-electron chi connectivity index (χ4n) is 2.13. The van der Waals surface area contributed by atoms with Crippen molar-refractivity contribution in [1.82, 2.24) is 9.78 Å². The van der Waals surface area contributed by atoms with E-state index in [4.69, 9.17) is 10.00 Å². The van der Waals surface area contributed by atoms with Crippen molar-refractivity contribution in [2.75, 3.05) is 0 Å². The molecule has 0 fully saturated rings. The van der Waals surface area contributed by atoms with Crippen molar-refractivity contribution in [3.63, 3.8) is 0 Å². The van der Waals surface area contributed by atoms with Gasteiger partial charge in [-0.2, -0.15) is 10.4 Å². The second kappa shape index (κ2) is 6.77. The molecule has 0 N–H and O–H groups in total. The lowest BCUT2D eigenvalue weighted by Gasteiger charge is -2.11. The second-order valence-electron chi connectivity index (χ2n) is 4.76. The Hall–Kier alpha value is -1.80. The van der Waals surface area contributed by atoms with E-state index in [0.29, 0.717) is 12.2 Å². The van der Waals surface area contributed by atoms with Crippen LogP contribution >= 0.6 is 15.9 Å². The molecule has 0 radical (unpaired) electrons. The molecule has 5 heteroatoms. The summed E-state index contributed by atoms with van der Waals surface area (Å²) in [5, 5.41) is 13.5. The molecule has 0 aliphatic carbocycles. The predicted octanol–water partition coefficient (Wildman–Crippen LogP) is 3.99. The second-order valence-corrected chi connectivity index (χ2v) is 5.55. The summed E-state index contributed by atoms with van der Waals surface area (Å²) in [5.74, 6) is 0.739. The van der Waals surface area contributed by atoms with Gasteiger partial charge in [0.25, 0.3) is 0 Å².